The number of anilines is 2. The molecule has 0 saturated carbocycles. The van der Waals surface area contributed by atoms with Crippen molar-refractivity contribution in [2.75, 3.05) is 215 Å². The van der Waals surface area contributed by atoms with Gasteiger partial charge in [0.1, 0.15) is 6.04 Å². The highest BCUT2D eigenvalue weighted by atomic mass is 35.5. The number of aryl methyl sites for hydroxylation is 1. The van der Waals surface area contributed by atoms with Crippen molar-refractivity contribution in [3.05, 3.63) is 60.4 Å². The number of carboxylic acids is 2. The summed E-state index contributed by atoms with van der Waals surface area (Å²) in [6.45, 7) is 13.0. The predicted molar refractivity (Wildman–Crippen MR) is 359 cm³/mol. The molecule has 554 valence electrons. The molecule has 0 aliphatic rings. The van der Waals surface area contributed by atoms with Crippen LogP contribution in [0.4, 0.5) is 22.7 Å². The molecular formula is C65H105ClN10O22. The van der Waals surface area contributed by atoms with Gasteiger partial charge in [-0.25, -0.2) is 4.68 Å². The number of amides is 4. The number of benzene rings is 2. The predicted octanol–water partition coefficient (Wildman–Crippen LogP) is 4.53. The molecular weight excluding hydrogens is 1310 g/mol. The molecule has 0 unspecified atom stereocenters. The van der Waals surface area contributed by atoms with E-state index >= 15 is 0 Å². The number of hydrogen-bond acceptors (Lipinski definition) is 25. The SMILES string of the molecule is N[C@@H](C[C@H](CCCC(=O)Nc1ccc(N=Nc2ccc(NC(=O)CNC(=O)CCOCCOCCOCCOCCOCCOCCOCCOCCOCCOCCOCCOCCn3cc(CCC(=O)NCCOCCOCCCCCCCl)nn3)cc2)cc1)C(=O)O)C(=O)O. The van der Waals surface area contributed by atoms with Crippen LogP contribution in [-0.2, 0) is 108 Å². The topological polar surface area (TPSA) is 402 Å². The van der Waals surface area contributed by atoms with Gasteiger partial charge in [0.05, 0.1) is 214 Å². The molecule has 0 saturated heterocycles. The van der Waals surface area contributed by atoms with Gasteiger partial charge in [0.2, 0.25) is 23.6 Å². The van der Waals surface area contributed by atoms with Crippen LogP contribution in [0.3, 0.4) is 0 Å². The fraction of sp³-hybridized carbons (Fsp3) is 0.692. The average molecular weight is 1410 g/mol. The number of carboxylic acid groups (broad SMARTS) is 2. The normalized spacial score (nSPS) is 12.1. The number of carbonyl (C=O) groups excluding carboxylic acids is 4. The summed E-state index contributed by atoms with van der Waals surface area (Å²) in [5.74, 6) is -3.84. The minimum Gasteiger partial charge on any atom is -0.481 e. The van der Waals surface area contributed by atoms with Crippen LogP contribution < -0.4 is 27.0 Å². The molecule has 1 aromatic heterocycles. The van der Waals surface area contributed by atoms with Crippen molar-refractivity contribution in [1.29, 1.82) is 0 Å². The summed E-state index contributed by atoms with van der Waals surface area (Å²) in [5.41, 5.74) is 8.23. The van der Waals surface area contributed by atoms with Crippen molar-refractivity contribution in [2.45, 2.75) is 83.2 Å². The van der Waals surface area contributed by atoms with E-state index in [4.69, 9.17) is 88.8 Å². The summed E-state index contributed by atoms with van der Waals surface area (Å²) >= 11 is 5.68. The number of rotatable bonds is 68. The molecule has 3 rings (SSSR count). The van der Waals surface area contributed by atoms with Crippen molar-refractivity contribution < 1.29 is 105 Å². The van der Waals surface area contributed by atoms with Crippen LogP contribution in [0.25, 0.3) is 0 Å². The number of ether oxygens (including phenoxy) is 14. The molecule has 3 aromatic rings. The minimum absolute atomic E-state index is 0.0417. The summed E-state index contributed by atoms with van der Waals surface area (Å²) in [5, 5.41) is 45.8. The third-order valence-corrected chi connectivity index (χ3v) is 13.8. The second kappa shape index (κ2) is 60.6. The highest BCUT2D eigenvalue weighted by Crippen LogP contribution is 2.23. The number of hydrogen-bond donors (Lipinski definition) is 7. The maximum atomic E-state index is 12.4. The zero-order valence-electron chi connectivity index (χ0n) is 56.5. The molecule has 0 fully saturated rings. The maximum absolute atomic E-state index is 12.4. The number of nitrogens with zero attached hydrogens (tertiary/aromatic N) is 5. The lowest BCUT2D eigenvalue weighted by atomic mass is 9.94. The number of nitrogens with one attached hydrogen (secondary N) is 4. The van der Waals surface area contributed by atoms with Crippen molar-refractivity contribution in [2.24, 2.45) is 21.9 Å². The van der Waals surface area contributed by atoms with Crippen LogP contribution in [-0.4, -0.2) is 271 Å². The molecule has 0 aliphatic heterocycles. The van der Waals surface area contributed by atoms with E-state index in [1.165, 1.54) is 0 Å². The van der Waals surface area contributed by atoms with Gasteiger partial charge in [-0.3, -0.25) is 28.8 Å². The Bertz CT molecular complexity index is 2550. The highest BCUT2D eigenvalue weighted by molar-refractivity contribution is 6.17. The summed E-state index contributed by atoms with van der Waals surface area (Å²) in [6.07, 6.45) is 7.22. The van der Waals surface area contributed by atoms with Gasteiger partial charge in [-0.15, -0.1) is 16.7 Å². The first-order valence-electron chi connectivity index (χ1n) is 33.4. The number of aliphatic carboxylic acids is 2. The van der Waals surface area contributed by atoms with Gasteiger partial charge in [0.25, 0.3) is 0 Å². The van der Waals surface area contributed by atoms with E-state index in [1.54, 1.807) is 53.2 Å². The largest absolute Gasteiger partial charge is 0.481 e. The Hall–Kier alpha value is -6.31. The van der Waals surface area contributed by atoms with Crippen LogP contribution in [0.5, 0.6) is 0 Å². The van der Waals surface area contributed by atoms with E-state index in [1.807, 2.05) is 6.20 Å². The van der Waals surface area contributed by atoms with Gasteiger partial charge < -0.3 is 104 Å². The number of carbonyl (C=O) groups is 6. The molecule has 32 nitrogen and oxygen atoms in total. The summed E-state index contributed by atoms with van der Waals surface area (Å²) in [7, 11) is 0. The van der Waals surface area contributed by atoms with Crippen LogP contribution in [0, 0.1) is 5.92 Å². The number of aromatic nitrogens is 3. The van der Waals surface area contributed by atoms with E-state index in [0.29, 0.717) is 226 Å². The van der Waals surface area contributed by atoms with Crippen LogP contribution in [0.1, 0.15) is 69.9 Å². The van der Waals surface area contributed by atoms with Crippen molar-refractivity contribution in [1.82, 2.24) is 25.6 Å². The van der Waals surface area contributed by atoms with Crippen LogP contribution in [0.2, 0.25) is 0 Å². The number of halogens is 1. The number of unbranched alkanes of at least 4 members (excludes halogenated alkanes) is 3. The van der Waals surface area contributed by atoms with Gasteiger partial charge in [0.15, 0.2) is 0 Å². The number of nitrogens with two attached hydrogens (primary N) is 1. The molecule has 0 radical (unpaired) electrons. The lowest BCUT2D eigenvalue weighted by Crippen LogP contribution is -2.34. The van der Waals surface area contributed by atoms with Gasteiger partial charge in [-0.1, -0.05) is 18.1 Å². The second-order valence-corrected chi connectivity index (χ2v) is 21.9. The van der Waals surface area contributed by atoms with Gasteiger partial charge in [-0.2, -0.15) is 10.2 Å². The first kappa shape index (κ1) is 85.9. The third-order valence-electron chi connectivity index (χ3n) is 13.5. The van der Waals surface area contributed by atoms with E-state index in [2.05, 4.69) is 41.8 Å². The molecule has 4 amide bonds. The fourth-order valence-corrected chi connectivity index (χ4v) is 8.45. The average Bonchev–Trinajstić information content (AvgIpc) is 1.30. The Morgan fingerprint density at radius 1 is 0.449 bits per heavy atom. The monoisotopic (exact) mass is 1410 g/mol. The Labute approximate surface area is 578 Å². The van der Waals surface area contributed by atoms with E-state index in [0.717, 1.165) is 38.0 Å². The first-order valence-corrected chi connectivity index (χ1v) is 33.9. The maximum Gasteiger partial charge on any atom is 0.320 e. The minimum atomic E-state index is -1.29. The number of azo groups is 1. The van der Waals surface area contributed by atoms with Gasteiger partial charge in [0, 0.05) is 62.3 Å². The summed E-state index contributed by atoms with van der Waals surface area (Å²) < 4.78 is 79.1. The highest BCUT2D eigenvalue weighted by Gasteiger charge is 2.24. The fourth-order valence-electron chi connectivity index (χ4n) is 8.27. The van der Waals surface area contributed by atoms with Crippen LogP contribution >= 0.6 is 11.6 Å². The molecule has 2 aromatic carbocycles. The smallest absolute Gasteiger partial charge is 0.320 e. The first-order chi connectivity index (χ1) is 47.9. The van der Waals surface area contributed by atoms with Crippen molar-refractivity contribution >= 4 is 69.9 Å². The molecule has 2 atom stereocenters. The molecule has 33 heteroatoms. The van der Waals surface area contributed by atoms with E-state index in [-0.39, 0.29) is 63.0 Å². The molecule has 0 aliphatic carbocycles. The van der Waals surface area contributed by atoms with E-state index < -0.39 is 29.8 Å². The number of alkyl halides is 1. The molecule has 0 bridgehead atoms. The second-order valence-electron chi connectivity index (χ2n) is 21.5. The molecule has 0 spiro atoms. The molecule has 98 heavy (non-hydrogen) atoms. The molecule has 8 N–H and O–H groups in total. The summed E-state index contributed by atoms with van der Waals surface area (Å²) in [4.78, 5) is 71.6. The molecule has 1 heterocycles. The van der Waals surface area contributed by atoms with Gasteiger partial charge >= 0.3 is 11.9 Å². The van der Waals surface area contributed by atoms with Crippen LogP contribution in [0.15, 0.2) is 65.0 Å². The Kier molecular flexibility index (Phi) is 53.2. The Morgan fingerprint density at radius 2 is 0.857 bits per heavy atom. The lowest BCUT2D eigenvalue weighted by Gasteiger charge is -2.14. The standard InChI is InChI=1S/C65H105ClN10O22/c66-19-3-1-2-4-22-85-26-28-87-24-20-68-60(77)17-16-58-52-76(75-74-58)21-25-88-29-31-90-33-35-92-37-39-94-41-43-96-45-47-98-49-48-97-46-44-95-42-40-93-38-36-91-34-32-89-30-27-86-23-18-61(78)69-51-63(80)71-55-10-14-57(15-11-55)73-72-56-12-8-54(9-13-56)70-62(79)7-5-6-53(64(81)82)50-59(67)65(83)84/h8-15,52-53,59H,1-7,16-51,67H2,(H,68,77)(H,69,78)(H,70,79)(H,71,80)(H,81,82)(H,83,84)/t53-,59-/m0/s1. The Balaban J connectivity index is 0.961. The van der Waals surface area contributed by atoms with Crippen molar-refractivity contribution in [3.8, 4) is 0 Å². The zero-order chi connectivity index (χ0) is 70.4. The Morgan fingerprint density at radius 3 is 1.31 bits per heavy atom. The quantitative estimate of drug-likeness (QED) is 0.0232. The van der Waals surface area contributed by atoms with Gasteiger partial charge in [-0.05, 0) is 80.6 Å². The lowest BCUT2D eigenvalue weighted by molar-refractivity contribution is -0.144. The zero-order valence-corrected chi connectivity index (χ0v) is 57.3. The summed E-state index contributed by atoms with van der Waals surface area (Å²) in [6, 6.07) is 11.9. The van der Waals surface area contributed by atoms with Crippen molar-refractivity contribution in [3.63, 3.8) is 0 Å². The van der Waals surface area contributed by atoms with E-state index in [9.17, 15) is 33.9 Å². The third kappa shape index (κ3) is 50.1.